The molecule has 2 aliphatic heterocycles. The third kappa shape index (κ3) is 4.34. The van der Waals surface area contributed by atoms with Crippen molar-refractivity contribution in [3.8, 4) is 11.5 Å². The molecule has 0 N–H and O–H groups in total. The second-order valence-corrected chi connectivity index (χ2v) is 10.8. The molecule has 3 atom stereocenters. The fraction of sp³-hybridized carbons (Fsp3) is 0.135. The number of rotatable bonds is 6. The van der Waals surface area contributed by atoms with E-state index in [2.05, 4.69) is 0 Å². The highest BCUT2D eigenvalue weighted by Gasteiger charge is 2.66. The molecule has 1 fully saturated rings. The number of β-lactam (4-membered cyclic amide) rings is 1. The number of benzene rings is 5. The summed E-state index contributed by atoms with van der Waals surface area (Å²) in [4.78, 5) is 32.5. The Morgan fingerprint density at radius 1 is 0.698 bits per heavy atom. The maximum atomic E-state index is 14.5. The van der Waals surface area contributed by atoms with Gasteiger partial charge in [-0.15, -0.1) is 0 Å². The van der Waals surface area contributed by atoms with Crippen LogP contribution in [0.15, 0.2) is 140 Å². The van der Waals surface area contributed by atoms with Gasteiger partial charge < -0.3 is 9.47 Å². The Labute approximate surface area is 250 Å². The summed E-state index contributed by atoms with van der Waals surface area (Å²) in [5.41, 5.74) is 2.87. The van der Waals surface area contributed by atoms with E-state index in [4.69, 9.17) is 9.47 Å². The molecule has 5 aromatic carbocycles. The quantitative estimate of drug-likeness (QED) is 0.204. The van der Waals surface area contributed by atoms with Gasteiger partial charge in [-0.1, -0.05) is 91.0 Å². The number of ether oxygens (including phenoxy) is 2. The van der Waals surface area contributed by atoms with Crippen LogP contribution in [0.25, 0.3) is 0 Å². The predicted octanol–water partition coefficient (Wildman–Crippen LogP) is 7.18. The number of carbonyl (C=O) groups is 2. The number of hydrogen-bond acceptors (Lipinski definition) is 4. The SMILES string of the molecule is COc1ccc(C2CC3(c4ccccc4)C(Oc4ccccc4)C(=O)N3c3ccccc3N2C(=O)c2ccccc2)cc1. The normalized spacial score (nSPS) is 20.7. The highest BCUT2D eigenvalue weighted by molar-refractivity contribution is 6.14. The van der Waals surface area contributed by atoms with Crippen molar-refractivity contribution in [1.29, 1.82) is 0 Å². The summed E-state index contributed by atoms with van der Waals surface area (Å²) in [6.45, 7) is 0. The largest absolute Gasteiger partial charge is 0.497 e. The van der Waals surface area contributed by atoms with Crippen LogP contribution in [0.3, 0.4) is 0 Å². The molecule has 212 valence electrons. The summed E-state index contributed by atoms with van der Waals surface area (Å²) in [6, 6.07) is 43.8. The minimum atomic E-state index is -0.902. The van der Waals surface area contributed by atoms with Gasteiger partial charge in [-0.3, -0.25) is 19.4 Å². The van der Waals surface area contributed by atoms with Crippen molar-refractivity contribution in [1.82, 2.24) is 0 Å². The van der Waals surface area contributed by atoms with Gasteiger partial charge in [-0.05, 0) is 59.7 Å². The molecule has 0 aromatic heterocycles. The van der Waals surface area contributed by atoms with Crippen LogP contribution in [0.2, 0.25) is 0 Å². The topological polar surface area (TPSA) is 59.1 Å². The standard InChI is InChI=1S/C37H30N2O4/c1-42-29-23-21-26(22-24-29)33-25-37(28-15-7-3-8-16-28)34(43-30-17-9-4-10-18-30)36(41)39(37)32-20-12-11-19-31(32)38(33)35(40)27-13-5-2-6-14-27/h2-24,33-34H,25H2,1H3. The highest BCUT2D eigenvalue weighted by Crippen LogP contribution is 2.57. The number of carbonyl (C=O) groups excluding carboxylic acids is 2. The van der Waals surface area contributed by atoms with E-state index in [0.29, 0.717) is 29.1 Å². The third-order valence-electron chi connectivity index (χ3n) is 8.49. The Bertz CT molecular complexity index is 1760. The molecular formula is C37H30N2O4. The van der Waals surface area contributed by atoms with Gasteiger partial charge in [0.25, 0.3) is 11.8 Å². The molecule has 43 heavy (non-hydrogen) atoms. The Morgan fingerprint density at radius 2 is 1.28 bits per heavy atom. The van der Waals surface area contributed by atoms with Crippen LogP contribution in [0.4, 0.5) is 11.4 Å². The van der Waals surface area contributed by atoms with Crippen LogP contribution in [0, 0.1) is 0 Å². The Kier molecular flexibility index (Phi) is 6.67. The first-order valence-corrected chi connectivity index (χ1v) is 14.3. The van der Waals surface area contributed by atoms with Gasteiger partial charge in [0.05, 0.1) is 24.5 Å². The van der Waals surface area contributed by atoms with Gasteiger partial charge in [-0.2, -0.15) is 0 Å². The number of para-hydroxylation sites is 3. The number of hydrogen-bond donors (Lipinski definition) is 0. The van der Waals surface area contributed by atoms with Crippen molar-refractivity contribution in [3.05, 3.63) is 156 Å². The van der Waals surface area contributed by atoms with Crippen LogP contribution >= 0.6 is 0 Å². The van der Waals surface area contributed by atoms with E-state index in [-0.39, 0.29) is 11.8 Å². The average Bonchev–Trinajstić information content (AvgIpc) is 3.19. The summed E-state index contributed by atoms with van der Waals surface area (Å²) >= 11 is 0. The lowest BCUT2D eigenvalue weighted by Gasteiger charge is -2.56. The first kappa shape index (κ1) is 26.5. The maximum absolute atomic E-state index is 14.5. The zero-order valence-corrected chi connectivity index (χ0v) is 23.7. The van der Waals surface area contributed by atoms with Crippen LogP contribution in [0.5, 0.6) is 11.5 Å². The molecule has 3 unspecified atom stereocenters. The van der Waals surface area contributed by atoms with Crippen molar-refractivity contribution in [2.75, 3.05) is 16.9 Å². The third-order valence-corrected chi connectivity index (χ3v) is 8.49. The van der Waals surface area contributed by atoms with Crippen LogP contribution in [0.1, 0.15) is 33.9 Å². The molecule has 0 aliphatic carbocycles. The predicted molar refractivity (Wildman–Crippen MR) is 167 cm³/mol. The van der Waals surface area contributed by atoms with Crippen molar-refractivity contribution in [2.24, 2.45) is 0 Å². The van der Waals surface area contributed by atoms with Gasteiger partial charge in [0.15, 0.2) is 0 Å². The fourth-order valence-electron chi connectivity index (χ4n) is 6.48. The van der Waals surface area contributed by atoms with E-state index < -0.39 is 17.7 Å². The second kappa shape index (κ2) is 10.8. The molecule has 0 radical (unpaired) electrons. The molecule has 0 bridgehead atoms. The zero-order chi connectivity index (χ0) is 29.4. The molecule has 5 aromatic rings. The van der Waals surface area contributed by atoms with Gasteiger partial charge in [0.1, 0.15) is 17.0 Å². The van der Waals surface area contributed by atoms with Crippen molar-refractivity contribution in [2.45, 2.75) is 24.1 Å². The minimum absolute atomic E-state index is 0.146. The van der Waals surface area contributed by atoms with Gasteiger partial charge in [-0.25, -0.2) is 0 Å². The Morgan fingerprint density at radius 3 is 1.93 bits per heavy atom. The lowest BCUT2D eigenvalue weighted by Crippen LogP contribution is -2.74. The second-order valence-electron chi connectivity index (χ2n) is 10.8. The van der Waals surface area contributed by atoms with E-state index in [9.17, 15) is 9.59 Å². The summed E-state index contributed by atoms with van der Waals surface area (Å²) in [5, 5.41) is 0. The van der Waals surface area contributed by atoms with E-state index >= 15 is 0 Å². The lowest BCUT2D eigenvalue weighted by molar-refractivity contribution is -0.142. The van der Waals surface area contributed by atoms with Gasteiger partial charge in [0, 0.05) is 12.0 Å². The smallest absolute Gasteiger partial charge is 0.271 e. The highest BCUT2D eigenvalue weighted by atomic mass is 16.5. The number of amides is 2. The summed E-state index contributed by atoms with van der Waals surface area (Å²) in [5.74, 6) is 1.05. The van der Waals surface area contributed by atoms with Gasteiger partial charge >= 0.3 is 0 Å². The lowest BCUT2D eigenvalue weighted by atomic mass is 9.70. The molecule has 1 saturated heterocycles. The monoisotopic (exact) mass is 566 g/mol. The van der Waals surface area contributed by atoms with Crippen molar-refractivity contribution < 1.29 is 19.1 Å². The summed E-state index contributed by atoms with van der Waals surface area (Å²) in [6.07, 6.45) is -0.405. The molecule has 7 rings (SSSR count). The summed E-state index contributed by atoms with van der Waals surface area (Å²) < 4.78 is 12.0. The molecule has 2 heterocycles. The molecule has 2 aliphatic rings. The molecular weight excluding hydrogens is 536 g/mol. The number of methoxy groups -OCH3 is 1. The fourth-order valence-corrected chi connectivity index (χ4v) is 6.48. The molecule has 0 spiro atoms. The molecule has 6 heteroatoms. The van der Waals surface area contributed by atoms with Crippen molar-refractivity contribution in [3.63, 3.8) is 0 Å². The van der Waals surface area contributed by atoms with E-state index in [1.807, 2.05) is 149 Å². The van der Waals surface area contributed by atoms with E-state index in [0.717, 1.165) is 16.9 Å². The number of fused-ring (bicyclic) bond motifs is 3. The number of anilines is 2. The van der Waals surface area contributed by atoms with Crippen LogP contribution in [-0.2, 0) is 10.3 Å². The minimum Gasteiger partial charge on any atom is -0.497 e. The van der Waals surface area contributed by atoms with Crippen LogP contribution < -0.4 is 19.3 Å². The van der Waals surface area contributed by atoms with E-state index in [1.165, 1.54) is 0 Å². The Balaban J connectivity index is 1.48. The van der Waals surface area contributed by atoms with Gasteiger partial charge in [0.2, 0.25) is 6.10 Å². The summed E-state index contributed by atoms with van der Waals surface area (Å²) in [7, 11) is 1.63. The average molecular weight is 567 g/mol. The molecule has 2 amide bonds. The van der Waals surface area contributed by atoms with E-state index in [1.54, 1.807) is 7.11 Å². The molecule has 0 saturated carbocycles. The molecule has 6 nitrogen and oxygen atoms in total. The van der Waals surface area contributed by atoms with Crippen LogP contribution in [-0.4, -0.2) is 25.0 Å². The first-order valence-electron chi connectivity index (χ1n) is 14.3. The first-order chi connectivity index (χ1) is 21.1. The Hall–Kier alpha value is -5.36. The number of nitrogens with zero attached hydrogens (tertiary/aromatic N) is 2. The zero-order valence-electron chi connectivity index (χ0n) is 23.7. The van der Waals surface area contributed by atoms with Crippen molar-refractivity contribution >= 4 is 23.2 Å². The maximum Gasteiger partial charge on any atom is 0.271 e.